The standard InChI is InChI=1S/C19H31N3O2/c1-16(13-23-14-17-8-5-4-6-9-17)12-21-18(20-3)22-15-19(2)10-7-11-24-19/h4-6,8-9,16H,7,10-15H2,1-3H3,(H2,20,21,22). The molecule has 1 fully saturated rings. The molecule has 134 valence electrons. The molecule has 0 aromatic heterocycles. The van der Waals surface area contributed by atoms with E-state index in [9.17, 15) is 0 Å². The molecule has 1 saturated heterocycles. The van der Waals surface area contributed by atoms with Crippen molar-refractivity contribution in [2.45, 2.75) is 38.9 Å². The van der Waals surface area contributed by atoms with E-state index in [2.05, 4.69) is 41.6 Å². The Labute approximate surface area is 145 Å². The summed E-state index contributed by atoms with van der Waals surface area (Å²) < 4.78 is 11.6. The van der Waals surface area contributed by atoms with Crippen LogP contribution in [0.25, 0.3) is 0 Å². The number of aliphatic imine (C=N–C) groups is 1. The van der Waals surface area contributed by atoms with Crippen molar-refractivity contribution >= 4 is 5.96 Å². The molecule has 2 rings (SSSR count). The number of ether oxygens (including phenoxy) is 2. The van der Waals surface area contributed by atoms with Crippen LogP contribution in [0.15, 0.2) is 35.3 Å². The van der Waals surface area contributed by atoms with Gasteiger partial charge in [0.1, 0.15) is 0 Å². The summed E-state index contributed by atoms with van der Waals surface area (Å²) in [6.45, 7) is 8.18. The first-order valence-corrected chi connectivity index (χ1v) is 8.81. The van der Waals surface area contributed by atoms with Crippen LogP contribution in [0, 0.1) is 5.92 Å². The summed E-state index contributed by atoms with van der Waals surface area (Å²) in [4.78, 5) is 4.28. The summed E-state index contributed by atoms with van der Waals surface area (Å²) in [7, 11) is 1.80. The van der Waals surface area contributed by atoms with E-state index in [1.807, 2.05) is 18.2 Å². The van der Waals surface area contributed by atoms with Crippen LogP contribution in [0.3, 0.4) is 0 Å². The molecular weight excluding hydrogens is 302 g/mol. The second-order valence-corrected chi connectivity index (χ2v) is 6.81. The second kappa shape index (κ2) is 9.64. The third-order valence-electron chi connectivity index (χ3n) is 4.29. The van der Waals surface area contributed by atoms with Crippen molar-refractivity contribution in [2.24, 2.45) is 10.9 Å². The number of nitrogens with zero attached hydrogens (tertiary/aromatic N) is 1. The maximum atomic E-state index is 5.79. The van der Waals surface area contributed by atoms with E-state index in [0.717, 1.165) is 45.1 Å². The van der Waals surface area contributed by atoms with Crippen LogP contribution in [0.1, 0.15) is 32.3 Å². The minimum absolute atomic E-state index is 0.0674. The fourth-order valence-electron chi connectivity index (χ4n) is 2.75. The van der Waals surface area contributed by atoms with Crippen molar-refractivity contribution < 1.29 is 9.47 Å². The van der Waals surface area contributed by atoms with E-state index in [1.165, 1.54) is 5.56 Å². The number of rotatable bonds is 8. The molecule has 0 spiro atoms. The number of guanidine groups is 1. The van der Waals surface area contributed by atoms with E-state index in [4.69, 9.17) is 9.47 Å². The van der Waals surface area contributed by atoms with Crippen LogP contribution in [0.5, 0.6) is 0 Å². The Morgan fingerprint density at radius 3 is 2.79 bits per heavy atom. The van der Waals surface area contributed by atoms with Gasteiger partial charge in [-0.05, 0) is 31.2 Å². The van der Waals surface area contributed by atoms with Crippen LogP contribution in [-0.4, -0.2) is 44.9 Å². The summed E-state index contributed by atoms with van der Waals surface area (Å²) >= 11 is 0. The van der Waals surface area contributed by atoms with Gasteiger partial charge in [0, 0.05) is 26.7 Å². The average molecular weight is 333 g/mol. The summed E-state index contributed by atoms with van der Waals surface area (Å²) in [5.74, 6) is 1.23. The first-order valence-electron chi connectivity index (χ1n) is 8.81. The van der Waals surface area contributed by atoms with Gasteiger partial charge in [-0.3, -0.25) is 4.99 Å². The highest BCUT2D eigenvalue weighted by Gasteiger charge is 2.29. The van der Waals surface area contributed by atoms with Gasteiger partial charge in [0.05, 0.1) is 18.8 Å². The molecule has 2 atom stereocenters. The Bertz CT molecular complexity index is 499. The van der Waals surface area contributed by atoms with E-state index in [0.29, 0.717) is 12.5 Å². The molecule has 5 heteroatoms. The van der Waals surface area contributed by atoms with E-state index < -0.39 is 0 Å². The molecule has 1 aliphatic heterocycles. The highest BCUT2D eigenvalue weighted by atomic mass is 16.5. The van der Waals surface area contributed by atoms with Crippen LogP contribution in [0.2, 0.25) is 0 Å². The predicted octanol–water partition coefficient (Wildman–Crippen LogP) is 2.57. The lowest BCUT2D eigenvalue weighted by atomic mass is 10.0. The summed E-state index contributed by atoms with van der Waals surface area (Å²) in [5, 5.41) is 6.72. The Balaban J connectivity index is 1.61. The number of hydrogen-bond acceptors (Lipinski definition) is 3. The van der Waals surface area contributed by atoms with Crippen molar-refractivity contribution in [3.63, 3.8) is 0 Å². The molecule has 0 aliphatic carbocycles. The fourth-order valence-corrected chi connectivity index (χ4v) is 2.75. The fraction of sp³-hybridized carbons (Fsp3) is 0.632. The molecule has 1 aliphatic rings. The van der Waals surface area contributed by atoms with Gasteiger partial charge in [0.15, 0.2) is 5.96 Å². The Hall–Kier alpha value is -1.59. The SMILES string of the molecule is CN=C(NCC(C)COCc1ccccc1)NCC1(C)CCCO1. The molecule has 0 amide bonds. The lowest BCUT2D eigenvalue weighted by Gasteiger charge is -2.25. The van der Waals surface area contributed by atoms with Crippen molar-refractivity contribution in [3.8, 4) is 0 Å². The van der Waals surface area contributed by atoms with Crippen molar-refractivity contribution in [1.29, 1.82) is 0 Å². The minimum atomic E-state index is -0.0674. The maximum absolute atomic E-state index is 5.79. The highest BCUT2D eigenvalue weighted by Crippen LogP contribution is 2.23. The van der Waals surface area contributed by atoms with Gasteiger partial charge in [-0.25, -0.2) is 0 Å². The van der Waals surface area contributed by atoms with Gasteiger partial charge < -0.3 is 20.1 Å². The molecule has 5 nitrogen and oxygen atoms in total. The molecule has 1 aromatic rings. The summed E-state index contributed by atoms with van der Waals surface area (Å²) in [5.41, 5.74) is 1.14. The first kappa shape index (κ1) is 18.7. The summed E-state index contributed by atoms with van der Waals surface area (Å²) in [6.07, 6.45) is 2.24. The topological polar surface area (TPSA) is 54.9 Å². The number of hydrogen-bond donors (Lipinski definition) is 2. The molecular formula is C19H31N3O2. The molecule has 24 heavy (non-hydrogen) atoms. The third-order valence-corrected chi connectivity index (χ3v) is 4.29. The van der Waals surface area contributed by atoms with Crippen molar-refractivity contribution in [2.75, 3.05) is 33.4 Å². The molecule has 0 radical (unpaired) electrons. The lowest BCUT2D eigenvalue weighted by Crippen LogP contribution is -2.46. The Morgan fingerprint density at radius 1 is 1.33 bits per heavy atom. The van der Waals surface area contributed by atoms with E-state index in [1.54, 1.807) is 7.05 Å². The van der Waals surface area contributed by atoms with Crippen molar-refractivity contribution in [1.82, 2.24) is 10.6 Å². The van der Waals surface area contributed by atoms with Gasteiger partial charge in [0.25, 0.3) is 0 Å². The number of benzene rings is 1. The zero-order chi connectivity index (χ0) is 17.3. The van der Waals surface area contributed by atoms with Crippen LogP contribution < -0.4 is 10.6 Å². The molecule has 2 N–H and O–H groups in total. The molecule has 0 saturated carbocycles. The zero-order valence-electron chi connectivity index (χ0n) is 15.2. The van der Waals surface area contributed by atoms with Gasteiger partial charge in [-0.2, -0.15) is 0 Å². The largest absolute Gasteiger partial charge is 0.376 e. The lowest BCUT2D eigenvalue weighted by molar-refractivity contribution is 0.0242. The van der Waals surface area contributed by atoms with Crippen LogP contribution in [-0.2, 0) is 16.1 Å². The van der Waals surface area contributed by atoms with Crippen LogP contribution >= 0.6 is 0 Å². The average Bonchev–Trinajstić information content (AvgIpc) is 3.03. The van der Waals surface area contributed by atoms with Gasteiger partial charge >= 0.3 is 0 Å². The van der Waals surface area contributed by atoms with E-state index in [-0.39, 0.29) is 5.60 Å². The van der Waals surface area contributed by atoms with Gasteiger partial charge in [-0.1, -0.05) is 37.3 Å². The van der Waals surface area contributed by atoms with Crippen molar-refractivity contribution in [3.05, 3.63) is 35.9 Å². The zero-order valence-corrected chi connectivity index (χ0v) is 15.2. The summed E-state index contributed by atoms with van der Waals surface area (Å²) in [6, 6.07) is 10.3. The maximum Gasteiger partial charge on any atom is 0.191 e. The first-order chi connectivity index (χ1) is 11.6. The smallest absolute Gasteiger partial charge is 0.191 e. The molecule has 1 heterocycles. The number of nitrogens with one attached hydrogen (secondary N) is 2. The predicted molar refractivity (Wildman–Crippen MR) is 98.2 cm³/mol. The van der Waals surface area contributed by atoms with Gasteiger partial charge in [0.2, 0.25) is 0 Å². The molecule has 2 unspecified atom stereocenters. The normalized spacial score (nSPS) is 22.4. The molecule has 0 bridgehead atoms. The van der Waals surface area contributed by atoms with Gasteiger partial charge in [-0.15, -0.1) is 0 Å². The monoisotopic (exact) mass is 333 g/mol. The Morgan fingerprint density at radius 2 is 2.12 bits per heavy atom. The third kappa shape index (κ3) is 6.49. The quantitative estimate of drug-likeness (QED) is 0.567. The van der Waals surface area contributed by atoms with Crippen LogP contribution in [0.4, 0.5) is 0 Å². The highest BCUT2D eigenvalue weighted by molar-refractivity contribution is 5.79. The Kier molecular flexibility index (Phi) is 7.53. The molecule has 1 aromatic carbocycles. The minimum Gasteiger partial charge on any atom is -0.376 e. The second-order valence-electron chi connectivity index (χ2n) is 6.81. The van der Waals surface area contributed by atoms with E-state index >= 15 is 0 Å².